The molecule has 5 heteroatoms. The second-order valence-corrected chi connectivity index (χ2v) is 5.12. The molecule has 0 saturated heterocycles. The number of aromatic nitrogens is 2. The number of H-pyrrole nitrogens is 2. The van der Waals surface area contributed by atoms with Crippen LogP contribution in [0.3, 0.4) is 0 Å². The van der Waals surface area contributed by atoms with Crippen LogP contribution in [0.15, 0.2) is 41.7 Å². The number of hydrogen-bond acceptors (Lipinski definition) is 3. The number of nitrogens with one attached hydrogen (secondary N) is 3. The molecule has 2 aromatic heterocycles. The SMILES string of the molecule is Cc1ccc(NSc2cc[nH]c2)c2[nH]cc(C#N)c12. The second-order valence-electron chi connectivity index (χ2n) is 4.25. The highest BCUT2D eigenvalue weighted by atomic mass is 32.2. The molecule has 0 radical (unpaired) electrons. The van der Waals surface area contributed by atoms with E-state index in [4.69, 9.17) is 5.26 Å². The zero-order chi connectivity index (χ0) is 13.2. The van der Waals surface area contributed by atoms with Crippen molar-refractivity contribution in [1.29, 1.82) is 5.26 Å². The fourth-order valence-electron chi connectivity index (χ4n) is 2.08. The Labute approximate surface area is 115 Å². The van der Waals surface area contributed by atoms with Gasteiger partial charge >= 0.3 is 0 Å². The molecule has 0 saturated carbocycles. The monoisotopic (exact) mass is 268 g/mol. The van der Waals surface area contributed by atoms with Gasteiger partial charge in [0.2, 0.25) is 0 Å². The lowest BCUT2D eigenvalue weighted by Crippen LogP contribution is -1.89. The molecule has 0 fully saturated rings. The summed E-state index contributed by atoms with van der Waals surface area (Å²) in [6.45, 7) is 2.01. The predicted molar refractivity (Wildman–Crippen MR) is 78.0 cm³/mol. The molecule has 0 aliphatic heterocycles. The molecule has 0 unspecified atom stereocenters. The van der Waals surface area contributed by atoms with Gasteiger partial charge < -0.3 is 14.7 Å². The van der Waals surface area contributed by atoms with Crippen LogP contribution < -0.4 is 4.72 Å². The molecule has 3 rings (SSSR count). The highest BCUT2D eigenvalue weighted by molar-refractivity contribution is 8.00. The third-order valence-corrected chi connectivity index (χ3v) is 3.82. The van der Waals surface area contributed by atoms with Crippen molar-refractivity contribution in [2.75, 3.05) is 4.72 Å². The molecular formula is C14H12N4S. The average Bonchev–Trinajstić information content (AvgIpc) is 3.07. The maximum atomic E-state index is 9.12. The molecule has 0 aliphatic rings. The van der Waals surface area contributed by atoms with Crippen LogP contribution in [0.4, 0.5) is 5.69 Å². The largest absolute Gasteiger partial charge is 0.367 e. The van der Waals surface area contributed by atoms with Crippen LogP contribution in [0.1, 0.15) is 11.1 Å². The summed E-state index contributed by atoms with van der Waals surface area (Å²) in [7, 11) is 0. The van der Waals surface area contributed by atoms with E-state index in [0.29, 0.717) is 5.56 Å². The molecular weight excluding hydrogens is 256 g/mol. The predicted octanol–water partition coefficient (Wildman–Crippen LogP) is 3.80. The fourth-order valence-corrected chi connectivity index (χ4v) is 2.74. The van der Waals surface area contributed by atoms with Crippen molar-refractivity contribution in [3.8, 4) is 6.07 Å². The van der Waals surface area contributed by atoms with Crippen LogP contribution in [-0.4, -0.2) is 9.97 Å². The highest BCUT2D eigenvalue weighted by Crippen LogP contribution is 2.31. The van der Waals surface area contributed by atoms with E-state index in [1.165, 1.54) is 11.9 Å². The Bertz CT molecular complexity index is 750. The molecule has 94 valence electrons. The Morgan fingerprint density at radius 3 is 2.89 bits per heavy atom. The highest BCUT2D eigenvalue weighted by Gasteiger charge is 2.10. The van der Waals surface area contributed by atoms with Gasteiger partial charge in [-0.15, -0.1) is 0 Å². The van der Waals surface area contributed by atoms with Crippen LogP contribution in [0.2, 0.25) is 0 Å². The molecule has 0 atom stereocenters. The van der Waals surface area contributed by atoms with E-state index in [1.54, 1.807) is 6.20 Å². The van der Waals surface area contributed by atoms with Crippen molar-refractivity contribution in [3.05, 3.63) is 47.9 Å². The molecule has 19 heavy (non-hydrogen) atoms. The standard InChI is InChI=1S/C14H12N4S/c1-9-2-3-12(18-19-11-4-5-16-8-11)14-13(9)10(6-15)7-17-14/h2-5,7-8,16-18H,1H3. The second kappa shape index (κ2) is 4.75. The van der Waals surface area contributed by atoms with Crippen LogP contribution in [-0.2, 0) is 0 Å². The maximum absolute atomic E-state index is 9.12. The molecule has 0 bridgehead atoms. The van der Waals surface area contributed by atoms with Crippen molar-refractivity contribution >= 4 is 28.5 Å². The number of nitriles is 1. The molecule has 0 amide bonds. The van der Waals surface area contributed by atoms with E-state index < -0.39 is 0 Å². The Hall–Kier alpha value is -2.32. The quantitative estimate of drug-likeness (QED) is 0.633. The number of nitrogens with zero attached hydrogens (tertiary/aromatic N) is 1. The third kappa shape index (κ3) is 2.07. The minimum atomic E-state index is 0.683. The Kier molecular flexibility index (Phi) is 2.94. The van der Waals surface area contributed by atoms with Gasteiger partial charge in [0, 0.05) is 28.9 Å². The Morgan fingerprint density at radius 1 is 1.26 bits per heavy atom. The lowest BCUT2D eigenvalue weighted by Gasteiger charge is -2.07. The van der Waals surface area contributed by atoms with Gasteiger partial charge in [0.25, 0.3) is 0 Å². The molecule has 2 heterocycles. The summed E-state index contributed by atoms with van der Waals surface area (Å²) in [5.41, 5.74) is 3.74. The first-order valence-corrected chi connectivity index (χ1v) is 6.67. The van der Waals surface area contributed by atoms with Crippen molar-refractivity contribution in [1.82, 2.24) is 9.97 Å². The van der Waals surface area contributed by atoms with Crippen LogP contribution in [0.25, 0.3) is 10.9 Å². The van der Waals surface area contributed by atoms with Crippen molar-refractivity contribution in [2.45, 2.75) is 11.8 Å². The van der Waals surface area contributed by atoms with E-state index in [2.05, 4.69) is 20.8 Å². The van der Waals surface area contributed by atoms with E-state index >= 15 is 0 Å². The van der Waals surface area contributed by atoms with Gasteiger partial charge in [0.1, 0.15) is 6.07 Å². The first kappa shape index (κ1) is 11.8. The van der Waals surface area contributed by atoms with Gasteiger partial charge in [-0.2, -0.15) is 5.26 Å². The minimum Gasteiger partial charge on any atom is -0.367 e. The molecule has 4 nitrogen and oxygen atoms in total. The first-order chi connectivity index (χ1) is 9.29. The minimum absolute atomic E-state index is 0.683. The summed E-state index contributed by atoms with van der Waals surface area (Å²) in [5.74, 6) is 0. The number of rotatable bonds is 3. The average molecular weight is 268 g/mol. The summed E-state index contributed by atoms with van der Waals surface area (Å²) < 4.78 is 3.31. The summed E-state index contributed by atoms with van der Waals surface area (Å²) in [6.07, 6.45) is 5.57. The maximum Gasteiger partial charge on any atom is 0.101 e. The number of fused-ring (bicyclic) bond motifs is 1. The first-order valence-electron chi connectivity index (χ1n) is 5.86. The Morgan fingerprint density at radius 2 is 2.16 bits per heavy atom. The smallest absolute Gasteiger partial charge is 0.101 e. The topological polar surface area (TPSA) is 67.4 Å². The molecule has 3 N–H and O–H groups in total. The Balaban J connectivity index is 1.98. The van der Waals surface area contributed by atoms with E-state index in [1.807, 2.05) is 37.5 Å². The van der Waals surface area contributed by atoms with Crippen molar-refractivity contribution in [3.63, 3.8) is 0 Å². The summed E-state index contributed by atoms with van der Waals surface area (Å²) in [5, 5.41) is 10.1. The van der Waals surface area contributed by atoms with Crippen LogP contribution >= 0.6 is 11.9 Å². The lowest BCUT2D eigenvalue weighted by atomic mass is 10.1. The van der Waals surface area contributed by atoms with Gasteiger partial charge in [-0.1, -0.05) is 6.07 Å². The van der Waals surface area contributed by atoms with Crippen molar-refractivity contribution in [2.24, 2.45) is 0 Å². The van der Waals surface area contributed by atoms with Gasteiger partial charge in [0.05, 0.1) is 16.8 Å². The zero-order valence-corrected chi connectivity index (χ0v) is 11.1. The fraction of sp³-hybridized carbons (Fsp3) is 0.0714. The van der Waals surface area contributed by atoms with Gasteiger partial charge in [-0.05, 0) is 36.6 Å². The number of hydrogen-bond donors (Lipinski definition) is 3. The normalized spacial score (nSPS) is 10.5. The molecule has 0 spiro atoms. The third-order valence-electron chi connectivity index (χ3n) is 3.01. The van der Waals surface area contributed by atoms with Gasteiger partial charge in [-0.3, -0.25) is 0 Å². The summed E-state index contributed by atoms with van der Waals surface area (Å²) >= 11 is 1.53. The zero-order valence-electron chi connectivity index (χ0n) is 10.3. The van der Waals surface area contributed by atoms with Crippen LogP contribution in [0.5, 0.6) is 0 Å². The van der Waals surface area contributed by atoms with Crippen LogP contribution in [0, 0.1) is 18.3 Å². The molecule has 0 aliphatic carbocycles. The van der Waals surface area contributed by atoms with E-state index in [9.17, 15) is 0 Å². The number of anilines is 1. The number of aryl methyl sites for hydroxylation is 1. The van der Waals surface area contributed by atoms with Gasteiger partial charge in [0.15, 0.2) is 0 Å². The molecule has 1 aromatic carbocycles. The van der Waals surface area contributed by atoms with E-state index in [0.717, 1.165) is 27.0 Å². The number of aromatic amines is 2. The summed E-state index contributed by atoms with van der Waals surface area (Å²) in [6, 6.07) is 8.26. The summed E-state index contributed by atoms with van der Waals surface area (Å²) in [4.78, 5) is 7.30. The van der Waals surface area contributed by atoms with Crippen molar-refractivity contribution < 1.29 is 0 Å². The van der Waals surface area contributed by atoms with E-state index in [-0.39, 0.29) is 0 Å². The lowest BCUT2D eigenvalue weighted by molar-refractivity contribution is 1.38. The molecule has 3 aromatic rings. The van der Waals surface area contributed by atoms with Gasteiger partial charge in [-0.25, -0.2) is 0 Å². The number of benzene rings is 1.